The van der Waals surface area contributed by atoms with Gasteiger partial charge in [0.1, 0.15) is 17.7 Å². The molecule has 1 unspecified atom stereocenters. The summed E-state index contributed by atoms with van der Waals surface area (Å²) in [7, 11) is -3.57. The van der Waals surface area contributed by atoms with Crippen molar-refractivity contribution in [3.63, 3.8) is 0 Å². The zero-order chi connectivity index (χ0) is 25.2. The molecular formula is C24H25F2N3O5S. The Morgan fingerprint density at radius 1 is 1.14 bits per heavy atom. The molecule has 0 spiro atoms. The predicted octanol–water partition coefficient (Wildman–Crippen LogP) is 3.87. The molecule has 4 rings (SSSR count). The summed E-state index contributed by atoms with van der Waals surface area (Å²) in [6, 6.07) is 10.5. The number of hydrogen-bond acceptors (Lipinski definition) is 6. The van der Waals surface area contributed by atoms with E-state index in [4.69, 9.17) is 9.47 Å². The van der Waals surface area contributed by atoms with Crippen molar-refractivity contribution in [3.8, 4) is 28.5 Å². The van der Waals surface area contributed by atoms with Gasteiger partial charge in [-0.15, -0.1) is 4.73 Å². The van der Waals surface area contributed by atoms with E-state index in [2.05, 4.69) is 10.0 Å². The number of aryl methyl sites for hydroxylation is 1. The fourth-order valence-electron chi connectivity index (χ4n) is 3.66. The Hall–Kier alpha value is -3.44. The van der Waals surface area contributed by atoms with E-state index in [0.717, 1.165) is 25.1 Å². The summed E-state index contributed by atoms with van der Waals surface area (Å²) in [5.74, 6) is -1.74. The molecule has 1 aliphatic rings. The van der Waals surface area contributed by atoms with Gasteiger partial charge in [-0.25, -0.2) is 17.2 Å². The number of ether oxygens (including phenoxy) is 2. The van der Waals surface area contributed by atoms with Crippen LogP contribution >= 0.6 is 0 Å². The Bertz CT molecular complexity index is 1350. The minimum Gasteiger partial charge on any atom is -0.616 e. The van der Waals surface area contributed by atoms with Crippen LogP contribution in [0.25, 0.3) is 11.1 Å². The lowest BCUT2D eigenvalue weighted by Gasteiger charge is -2.17. The van der Waals surface area contributed by atoms with Gasteiger partial charge in [0, 0.05) is 42.4 Å². The first-order chi connectivity index (χ1) is 16.6. The van der Waals surface area contributed by atoms with Crippen molar-refractivity contribution in [2.45, 2.75) is 26.4 Å². The first-order valence-electron chi connectivity index (χ1n) is 11.0. The quantitative estimate of drug-likeness (QED) is 0.356. The molecule has 2 aromatic carbocycles. The molecule has 3 aromatic rings. The maximum Gasteiger partial charge on any atom is 0.380 e. The molecule has 2 N–H and O–H groups in total. The number of nitrogens with zero attached hydrogens (tertiary/aromatic N) is 1. The van der Waals surface area contributed by atoms with Gasteiger partial charge in [0.25, 0.3) is 0 Å². The lowest BCUT2D eigenvalue weighted by Crippen LogP contribution is -2.35. The van der Waals surface area contributed by atoms with Crippen LogP contribution in [0.5, 0.6) is 17.4 Å². The fourth-order valence-corrected chi connectivity index (χ4v) is 4.29. The second-order valence-corrected chi connectivity index (χ2v) is 10.2. The number of anilines is 1. The molecular weight excluding hydrogens is 480 g/mol. The summed E-state index contributed by atoms with van der Waals surface area (Å²) in [6.07, 6.45) is 0.576. The fraction of sp³-hybridized carbons (Fsp3) is 0.292. The molecule has 1 atom stereocenters. The highest BCUT2D eigenvalue weighted by molar-refractivity contribution is 7.92. The lowest BCUT2D eigenvalue weighted by molar-refractivity contribution is -0.620. The van der Waals surface area contributed by atoms with Gasteiger partial charge in [0.05, 0.1) is 11.8 Å². The average Bonchev–Trinajstić information content (AvgIpc) is 3.32. The van der Waals surface area contributed by atoms with E-state index in [1.54, 1.807) is 13.0 Å². The van der Waals surface area contributed by atoms with Crippen LogP contribution in [0.2, 0.25) is 0 Å². The number of benzene rings is 2. The van der Waals surface area contributed by atoms with Crippen molar-refractivity contribution >= 4 is 15.7 Å². The van der Waals surface area contributed by atoms with Crippen LogP contribution in [-0.4, -0.2) is 33.4 Å². The van der Waals surface area contributed by atoms with Crippen molar-refractivity contribution in [2.24, 2.45) is 0 Å². The number of sulfonamides is 1. The van der Waals surface area contributed by atoms with Crippen molar-refractivity contribution in [1.29, 1.82) is 0 Å². The number of rotatable bonds is 8. The van der Waals surface area contributed by atoms with Crippen LogP contribution < -0.4 is 24.2 Å². The molecule has 1 aliphatic heterocycles. The topological polar surface area (TPSA) is 104 Å². The summed E-state index contributed by atoms with van der Waals surface area (Å²) in [6.45, 7) is 4.51. The minimum atomic E-state index is -3.57. The van der Waals surface area contributed by atoms with Gasteiger partial charge in [-0.2, -0.15) is 0 Å². The Balaban J connectivity index is 1.80. The smallest absolute Gasteiger partial charge is 0.380 e. The van der Waals surface area contributed by atoms with Gasteiger partial charge in [0.2, 0.25) is 10.0 Å². The van der Waals surface area contributed by atoms with Gasteiger partial charge >= 0.3 is 5.88 Å². The molecule has 0 aliphatic carbocycles. The van der Waals surface area contributed by atoms with Crippen LogP contribution in [0.15, 0.2) is 48.5 Å². The van der Waals surface area contributed by atoms with E-state index in [9.17, 15) is 22.4 Å². The number of hydrogen-bond donors (Lipinski definition) is 2. The molecule has 186 valence electrons. The molecule has 1 aromatic heterocycles. The van der Waals surface area contributed by atoms with Crippen LogP contribution in [0.4, 0.5) is 14.5 Å². The Labute approximate surface area is 202 Å². The molecule has 35 heavy (non-hydrogen) atoms. The summed E-state index contributed by atoms with van der Waals surface area (Å²) < 4.78 is 66.7. The van der Waals surface area contributed by atoms with Crippen molar-refractivity contribution in [3.05, 3.63) is 71.1 Å². The molecule has 1 fully saturated rings. The SMILES string of the molecule is CCS(=O)(=O)Nc1ccc(Oc2ccc(F)cc2F)c(-c2cc(C)[n+]([O-])c(OC3CCNC3)c2)c1. The average molecular weight is 506 g/mol. The van der Waals surface area contributed by atoms with E-state index in [1.165, 1.54) is 31.2 Å². The zero-order valence-corrected chi connectivity index (χ0v) is 20.0. The highest BCUT2D eigenvalue weighted by Crippen LogP contribution is 2.38. The molecule has 0 bridgehead atoms. The van der Waals surface area contributed by atoms with Gasteiger partial charge in [-0.1, -0.05) is 0 Å². The molecule has 1 saturated heterocycles. The summed E-state index contributed by atoms with van der Waals surface area (Å²) in [4.78, 5) is 0. The van der Waals surface area contributed by atoms with E-state index in [1.807, 2.05) is 0 Å². The van der Waals surface area contributed by atoms with E-state index in [0.29, 0.717) is 34.2 Å². The predicted molar refractivity (Wildman–Crippen MR) is 127 cm³/mol. The summed E-state index contributed by atoms with van der Waals surface area (Å²) in [5.41, 5.74) is 1.46. The highest BCUT2D eigenvalue weighted by atomic mass is 32.2. The second kappa shape index (κ2) is 10.0. The van der Waals surface area contributed by atoms with Crippen LogP contribution in [0.3, 0.4) is 0 Å². The van der Waals surface area contributed by atoms with E-state index in [-0.39, 0.29) is 34.9 Å². The third kappa shape index (κ3) is 5.80. The Morgan fingerprint density at radius 3 is 2.60 bits per heavy atom. The van der Waals surface area contributed by atoms with Crippen LogP contribution in [0.1, 0.15) is 19.0 Å². The third-order valence-electron chi connectivity index (χ3n) is 5.52. The van der Waals surface area contributed by atoms with Gasteiger partial charge in [-0.3, -0.25) is 4.72 Å². The van der Waals surface area contributed by atoms with Crippen molar-refractivity contribution in [2.75, 3.05) is 23.6 Å². The zero-order valence-electron chi connectivity index (χ0n) is 19.2. The number of pyridine rings is 1. The maximum absolute atomic E-state index is 14.3. The monoisotopic (exact) mass is 505 g/mol. The molecule has 0 radical (unpaired) electrons. The van der Waals surface area contributed by atoms with Crippen LogP contribution in [-0.2, 0) is 10.0 Å². The number of nitrogens with one attached hydrogen (secondary N) is 2. The first kappa shape index (κ1) is 24.7. The van der Waals surface area contributed by atoms with E-state index < -0.39 is 21.7 Å². The summed E-state index contributed by atoms with van der Waals surface area (Å²) >= 11 is 0. The standard InChI is InChI=1S/C24H25F2N3O5S/c1-3-35(31,32)28-18-5-7-22(34-23-6-4-17(25)12-21(23)26)20(13-18)16-10-15(2)29(30)24(11-16)33-19-8-9-27-14-19/h4-7,10-13,19,27-28H,3,8-9,14H2,1-2H3. The van der Waals surface area contributed by atoms with Crippen molar-refractivity contribution < 1.29 is 31.4 Å². The lowest BCUT2D eigenvalue weighted by atomic mass is 10.0. The largest absolute Gasteiger partial charge is 0.616 e. The van der Waals surface area contributed by atoms with Gasteiger partial charge in [0.15, 0.2) is 17.3 Å². The molecule has 0 saturated carbocycles. The third-order valence-corrected chi connectivity index (χ3v) is 6.83. The second-order valence-electron chi connectivity index (χ2n) is 8.14. The molecule has 0 amide bonds. The molecule has 2 heterocycles. The maximum atomic E-state index is 14.3. The molecule has 8 nitrogen and oxygen atoms in total. The van der Waals surface area contributed by atoms with Crippen LogP contribution in [0, 0.1) is 23.8 Å². The van der Waals surface area contributed by atoms with Gasteiger partial charge < -0.3 is 20.0 Å². The van der Waals surface area contributed by atoms with E-state index >= 15 is 0 Å². The number of halogens is 2. The van der Waals surface area contributed by atoms with Crippen molar-refractivity contribution in [1.82, 2.24) is 5.32 Å². The summed E-state index contributed by atoms with van der Waals surface area (Å²) in [5, 5.41) is 15.8. The minimum absolute atomic E-state index is 0.0761. The first-order valence-corrected chi connectivity index (χ1v) is 12.7. The Kier molecular flexibility index (Phi) is 7.08. The molecule has 11 heteroatoms. The Morgan fingerprint density at radius 2 is 1.91 bits per heavy atom. The normalized spacial score (nSPS) is 15.7. The highest BCUT2D eigenvalue weighted by Gasteiger charge is 2.23. The van der Waals surface area contributed by atoms with Gasteiger partial charge in [-0.05, 0) is 50.2 Å². The number of aromatic nitrogens is 1.